The highest BCUT2D eigenvalue weighted by atomic mass is 15.3. The first-order valence-corrected chi connectivity index (χ1v) is 7.45. The Bertz CT molecular complexity index is 639. The molecule has 4 heteroatoms. The predicted octanol–water partition coefficient (Wildman–Crippen LogP) is 2.10. The van der Waals surface area contributed by atoms with Gasteiger partial charge in [0.1, 0.15) is 0 Å². The molecule has 4 rings (SSSR count). The summed E-state index contributed by atoms with van der Waals surface area (Å²) in [5.41, 5.74) is 9.03. The number of rotatable bonds is 1. The molecule has 1 aromatic heterocycles. The van der Waals surface area contributed by atoms with Gasteiger partial charge in [0.15, 0.2) is 0 Å². The van der Waals surface area contributed by atoms with Crippen molar-refractivity contribution in [2.75, 3.05) is 36.8 Å². The molecule has 104 valence electrons. The van der Waals surface area contributed by atoms with Crippen molar-refractivity contribution in [3.63, 3.8) is 0 Å². The Morgan fingerprint density at radius 1 is 1.15 bits per heavy atom. The number of nitrogens with two attached hydrogens (primary N) is 1. The number of piperazine rings is 1. The summed E-state index contributed by atoms with van der Waals surface area (Å²) >= 11 is 0. The van der Waals surface area contributed by atoms with Crippen LogP contribution in [0.4, 0.5) is 11.4 Å². The second-order valence-electron chi connectivity index (χ2n) is 5.85. The number of nitrogen functional groups attached to an aromatic ring is 1. The fraction of sp³-hybridized carbons (Fsp3) is 0.438. The van der Waals surface area contributed by atoms with Crippen LogP contribution in [0, 0.1) is 0 Å². The number of nitrogens with zero attached hydrogens (tertiary/aromatic N) is 3. The van der Waals surface area contributed by atoms with Crippen molar-refractivity contribution in [3.8, 4) is 0 Å². The van der Waals surface area contributed by atoms with Gasteiger partial charge in [-0.05, 0) is 43.7 Å². The molecule has 2 saturated heterocycles. The smallest absolute Gasteiger partial charge is 0.0951 e. The van der Waals surface area contributed by atoms with Crippen molar-refractivity contribution >= 4 is 22.3 Å². The van der Waals surface area contributed by atoms with Crippen LogP contribution in [-0.4, -0.2) is 42.1 Å². The monoisotopic (exact) mass is 268 g/mol. The van der Waals surface area contributed by atoms with E-state index < -0.39 is 0 Å². The molecule has 1 atom stereocenters. The number of hydrogen-bond donors (Lipinski definition) is 1. The zero-order chi connectivity index (χ0) is 13.5. The van der Waals surface area contributed by atoms with Gasteiger partial charge in [-0.15, -0.1) is 0 Å². The van der Waals surface area contributed by atoms with Crippen molar-refractivity contribution in [2.45, 2.75) is 18.9 Å². The molecule has 3 heterocycles. The Morgan fingerprint density at radius 3 is 3.05 bits per heavy atom. The second kappa shape index (κ2) is 4.63. The van der Waals surface area contributed by atoms with Crippen molar-refractivity contribution in [3.05, 3.63) is 30.5 Å². The minimum atomic E-state index is 0.730. The lowest BCUT2D eigenvalue weighted by atomic mass is 10.1. The Hall–Kier alpha value is -1.81. The summed E-state index contributed by atoms with van der Waals surface area (Å²) < 4.78 is 0. The minimum Gasteiger partial charge on any atom is -0.397 e. The third-order valence-electron chi connectivity index (χ3n) is 4.71. The Kier molecular flexibility index (Phi) is 2.77. The van der Waals surface area contributed by atoms with Gasteiger partial charge in [0, 0.05) is 42.9 Å². The molecule has 1 unspecified atom stereocenters. The van der Waals surface area contributed by atoms with E-state index >= 15 is 0 Å². The first kappa shape index (κ1) is 12.0. The predicted molar refractivity (Wildman–Crippen MR) is 83.0 cm³/mol. The standard InChI is InChI=1S/C16H20N4/c17-14-5-6-15(13-4-1-7-18-16(13)14)20-10-9-19-8-2-3-12(19)11-20/h1,4-7,12H,2-3,8-11,17H2. The lowest BCUT2D eigenvalue weighted by Gasteiger charge is -2.39. The number of anilines is 2. The maximum atomic E-state index is 6.05. The fourth-order valence-electron chi connectivity index (χ4n) is 3.67. The number of benzene rings is 1. The molecule has 2 N–H and O–H groups in total. The number of fused-ring (bicyclic) bond motifs is 2. The van der Waals surface area contributed by atoms with Gasteiger partial charge in [-0.3, -0.25) is 9.88 Å². The van der Waals surface area contributed by atoms with Crippen LogP contribution in [0.5, 0.6) is 0 Å². The summed E-state index contributed by atoms with van der Waals surface area (Å²) in [5.74, 6) is 0. The second-order valence-corrected chi connectivity index (χ2v) is 5.85. The maximum absolute atomic E-state index is 6.05. The normalized spacial score (nSPS) is 23.2. The molecule has 0 spiro atoms. The highest BCUT2D eigenvalue weighted by Gasteiger charge is 2.31. The molecule has 2 aliphatic rings. The van der Waals surface area contributed by atoms with E-state index in [-0.39, 0.29) is 0 Å². The number of aromatic nitrogens is 1. The summed E-state index contributed by atoms with van der Waals surface area (Å²) in [6.07, 6.45) is 4.50. The average molecular weight is 268 g/mol. The first-order valence-electron chi connectivity index (χ1n) is 7.45. The van der Waals surface area contributed by atoms with E-state index in [9.17, 15) is 0 Å². The SMILES string of the molecule is Nc1ccc(N2CCN3CCCC3C2)c2cccnc12. The lowest BCUT2D eigenvalue weighted by molar-refractivity contribution is 0.231. The molecule has 20 heavy (non-hydrogen) atoms. The maximum Gasteiger partial charge on any atom is 0.0951 e. The summed E-state index contributed by atoms with van der Waals surface area (Å²) in [5, 5.41) is 1.18. The van der Waals surface area contributed by atoms with Gasteiger partial charge in [0.2, 0.25) is 0 Å². The molecule has 0 amide bonds. The Balaban J connectivity index is 1.73. The summed E-state index contributed by atoms with van der Waals surface area (Å²) in [4.78, 5) is 9.58. The summed E-state index contributed by atoms with van der Waals surface area (Å²) in [7, 11) is 0. The largest absolute Gasteiger partial charge is 0.397 e. The van der Waals surface area contributed by atoms with Crippen LogP contribution in [-0.2, 0) is 0 Å². The third-order valence-corrected chi connectivity index (χ3v) is 4.71. The molecule has 4 nitrogen and oxygen atoms in total. The van der Waals surface area contributed by atoms with E-state index in [0.29, 0.717) is 0 Å². The molecule has 0 radical (unpaired) electrons. The van der Waals surface area contributed by atoms with E-state index in [1.165, 1.54) is 37.0 Å². The highest BCUT2D eigenvalue weighted by molar-refractivity contribution is 5.98. The molecule has 0 saturated carbocycles. The molecule has 1 aromatic carbocycles. The molecule has 2 fully saturated rings. The van der Waals surface area contributed by atoms with Crippen LogP contribution in [0.15, 0.2) is 30.5 Å². The average Bonchev–Trinajstić information content (AvgIpc) is 2.95. The van der Waals surface area contributed by atoms with E-state index in [1.807, 2.05) is 18.3 Å². The van der Waals surface area contributed by atoms with E-state index in [4.69, 9.17) is 5.73 Å². The molecular weight excluding hydrogens is 248 g/mol. The topological polar surface area (TPSA) is 45.4 Å². The minimum absolute atomic E-state index is 0.730. The third kappa shape index (κ3) is 1.83. The van der Waals surface area contributed by atoms with Crippen molar-refractivity contribution in [2.24, 2.45) is 0 Å². The summed E-state index contributed by atoms with van der Waals surface area (Å²) in [6, 6.07) is 9.01. The van der Waals surface area contributed by atoms with Gasteiger partial charge in [-0.25, -0.2) is 0 Å². The van der Waals surface area contributed by atoms with Gasteiger partial charge in [-0.1, -0.05) is 0 Å². The van der Waals surface area contributed by atoms with Crippen LogP contribution in [0.2, 0.25) is 0 Å². The number of hydrogen-bond acceptors (Lipinski definition) is 4. The van der Waals surface area contributed by atoms with Crippen LogP contribution < -0.4 is 10.6 Å². The Morgan fingerprint density at radius 2 is 2.10 bits per heavy atom. The van der Waals surface area contributed by atoms with Crippen molar-refractivity contribution in [1.82, 2.24) is 9.88 Å². The van der Waals surface area contributed by atoms with E-state index in [2.05, 4.69) is 26.9 Å². The quantitative estimate of drug-likeness (QED) is 0.805. The molecule has 2 aliphatic heterocycles. The van der Waals surface area contributed by atoms with Crippen LogP contribution in [0.3, 0.4) is 0 Å². The fourth-order valence-corrected chi connectivity index (χ4v) is 3.67. The summed E-state index contributed by atoms with van der Waals surface area (Å²) in [6.45, 7) is 4.69. The lowest BCUT2D eigenvalue weighted by Crippen LogP contribution is -2.50. The zero-order valence-electron chi connectivity index (χ0n) is 11.6. The molecule has 2 aromatic rings. The molecular formula is C16H20N4. The van der Waals surface area contributed by atoms with Gasteiger partial charge in [0.25, 0.3) is 0 Å². The molecule has 0 bridgehead atoms. The van der Waals surface area contributed by atoms with E-state index in [0.717, 1.165) is 30.3 Å². The van der Waals surface area contributed by atoms with Gasteiger partial charge in [-0.2, -0.15) is 0 Å². The van der Waals surface area contributed by atoms with Gasteiger partial charge in [0.05, 0.1) is 11.2 Å². The first-order chi connectivity index (χ1) is 9.83. The van der Waals surface area contributed by atoms with Gasteiger partial charge >= 0.3 is 0 Å². The van der Waals surface area contributed by atoms with Crippen LogP contribution in [0.25, 0.3) is 10.9 Å². The zero-order valence-corrected chi connectivity index (χ0v) is 11.6. The van der Waals surface area contributed by atoms with Gasteiger partial charge < -0.3 is 10.6 Å². The van der Waals surface area contributed by atoms with Crippen LogP contribution in [0.1, 0.15) is 12.8 Å². The Labute approximate surface area is 119 Å². The van der Waals surface area contributed by atoms with E-state index in [1.54, 1.807) is 0 Å². The van der Waals surface area contributed by atoms with Crippen molar-refractivity contribution in [1.29, 1.82) is 0 Å². The van der Waals surface area contributed by atoms with Crippen LogP contribution >= 0.6 is 0 Å². The van der Waals surface area contributed by atoms with Crippen molar-refractivity contribution < 1.29 is 0 Å². The molecule has 0 aliphatic carbocycles. The highest BCUT2D eigenvalue weighted by Crippen LogP contribution is 2.32. The number of pyridine rings is 1.